The Morgan fingerprint density at radius 2 is 2.23 bits per heavy atom. The molecular formula is C14H18F3N3O2. The molecule has 0 aliphatic rings. The van der Waals surface area contributed by atoms with Gasteiger partial charge in [0, 0.05) is 37.8 Å². The highest BCUT2D eigenvalue weighted by Crippen LogP contribution is 2.15. The van der Waals surface area contributed by atoms with E-state index in [-0.39, 0.29) is 24.5 Å². The van der Waals surface area contributed by atoms with Gasteiger partial charge in [0.2, 0.25) is 5.88 Å². The minimum Gasteiger partial charge on any atom is -0.471 e. The highest BCUT2D eigenvalue weighted by Gasteiger charge is 2.22. The molecule has 0 unspecified atom stereocenters. The Balaban J connectivity index is 2.46. The Morgan fingerprint density at radius 3 is 2.86 bits per heavy atom. The van der Waals surface area contributed by atoms with Crippen LogP contribution >= 0.6 is 0 Å². The van der Waals surface area contributed by atoms with Crippen LogP contribution in [0.5, 0.6) is 5.88 Å². The Kier molecular flexibility index (Phi) is 6.68. The first-order chi connectivity index (χ1) is 10.3. The molecule has 1 rings (SSSR count). The van der Waals surface area contributed by atoms with Gasteiger partial charge in [0.05, 0.1) is 6.67 Å². The molecule has 0 bridgehead atoms. The summed E-state index contributed by atoms with van der Waals surface area (Å²) in [4.78, 5) is 15.3. The van der Waals surface area contributed by atoms with E-state index in [2.05, 4.69) is 22.2 Å². The normalized spacial score (nSPS) is 10.9. The van der Waals surface area contributed by atoms with Gasteiger partial charge in [0.25, 0.3) is 5.92 Å². The van der Waals surface area contributed by atoms with Crippen LogP contribution in [0.15, 0.2) is 30.6 Å². The Bertz CT molecular complexity index is 518. The summed E-state index contributed by atoms with van der Waals surface area (Å²) in [6.45, 7) is 2.98. The molecule has 2 N–H and O–H groups in total. The molecular weight excluding hydrogens is 299 g/mol. The predicted octanol–water partition coefficient (Wildman–Crippen LogP) is 2.79. The van der Waals surface area contributed by atoms with Crippen molar-refractivity contribution >= 4 is 6.03 Å². The molecule has 1 aromatic rings. The second-order valence-corrected chi connectivity index (χ2v) is 4.71. The average molecular weight is 317 g/mol. The summed E-state index contributed by atoms with van der Waals surface area (Å²) in [5.41, 5.74) is 0.889. The fourth-order valence-electron chi connectivity index (χ4n) is 1.40. The van der Waals surface area contributed by atoms with Crippen LogP contribution in [-0.4, -0.2) is 30.2 Å². The molecule has 0 saturated carbocycles. The Labute approximate surface area is 126 Å². The summed E-state index contributed by atoms with van der Waals surface area (Å²) in [6, 6.07) is 2.52. The van der Waals surface area contributed by atoms with Gasteiger partial charge in [0.1, 0.15) is 0 Å². The van der Waals surface area contributed by atoms with Crippen molar-refractivity contribution in [1.29, 1.82) is 0 Å². The van der Waals surface area contributed by atoms with Gasteiger partial charge >= 0.3 is 6.03 Å². The van der Waals surface area contributed by atoms with Gasteiger partial charge in [-0.1, -0.05) is 6.58 Å². The van der Waals surface area contributed by atoms with Crippen molar-refractivity contribution in [1.82, 2.24) is 15.6 Å². The van der Waals surface area contributed by atoms with E-state index in [9.17, 15) is 18.0 Å². The second-order valence-electron chi connectivity index (χ2n) is 4.71. The maximum absolute atomic E-state index is 12.7. The van der Waals surface area contributed by atoms with E-state index < -0.39 is 25.2 Å². The summed E-state index contributed by atoms with van der Waals surface area (Å²) in [5, 5.41) is 4.90. The van der Waals surface area contributed by atoms with Crippen LogP contribution in [0.1, 0.15) is 18.9 Å². The van der Waals surface area contributed by atoms with Crippen molar-refractivity contribution in [3.63, 3.8) is 0 Å². The summed E-state index contributed by atoms with van der Waals surface area (Å²) in [7, 11) is 0. The van der Waals surface area contributed by atoms with Crippen LogP contribution in [0.4, 0.5) is 18.0 Å². The lowest BCUT2D eigenvalue weighted by Gasteiger charge is -2.12. The molecule has 2 amide bonds. The number of hydrogen-bond donors (Lipinski definition) is 2. The van der Waals surface area contributed by atoms with Crippen LogP contribution in [0, 0.1) is 0 Å². The molecule has 5 nitrogen and oxygen atoms in total. The molecule has 1 aromatic heterocycles. The summed E-state index contributed by atoms with van der Waals surface area (Å²) in [6.07, 6.45) is 1.44. The van der Waals surface area contributed by atoms with Crippen LogP contribution in [0.2, 0.25) is 0 Å². The molecule has 22 heavy (non-hydrogen) atoms. The number of rotatable bonds is 8. The number of ether oxygens (including phenoxy) is 1. The van der Waals surface area contributed by atoms with Gasteiger partial charge in [-0.25, -0.2) is 18.6 Å². The number of aromatic nitrogens is 1. The van der Waals surface area contributed by atoms with E-state index in [4.69, 9.17) is 4.74 Å². The molecule has 0 fully saturated rings. The van der Waals surface area contributed by atoms with Crippen LogP contribution in [0.3, 0.4) is 0 Å². The number of carbonyl (C=O) groups excluding carboxylic acids is 1. The molecule has 0 aliphatic carbocycles. The van der Waals surface area contributed by atoms with E-state index in [1.165, 1.54) is 12.3 Å². The summed E-state index contributed by atoms with van der Waals surface area (Å²) in [5.74, 6) is -2.91. The Hall–Kier alpha value is -2.25. The Morgan fingerprint density at radius 1 is 1.50 bits per heavy atom. The van der Waals surface area contributed by atoms with Gasteiger partial charge in [-0.15, -0.1) is 0 Å². The fraction of sp³-hybridized carbons (Fsp3) is 0.429. The molecule has 8 heteroatoms. The maximum Gasteiger partial charge on any atom is 0.319 e. The molecule has 0 atom stereocenters. The zero-order valence-electron chi connectivity index (χ0n) is 12.2. The number of hydrogen-bond acceptors (Lipinski definition) is 3. The van der Waals surface area contributed by atoms with Gasteiger partial charge in [-0.05, 0) is 11.6 Å². The number of urea groups is 1. The van der Waals surface area contributed by atoms with E-state index >= 15 is 0 Å². The SMILES string of the molecule is C=C(CCF)NC(=O)NCc1ccnc(OCC(C)(F)F)c1. The quantitative estimate of drug-likeness (QED) is 0.775. The third-order valence-electron chi connectivity index (χ3n) is 2.41. The van der Waals surface area contributed by atoms with Gasteiger partial charge in [0.15, 0.2) is 6.61 Å². The number of allylic oxidation sites excluding steroid dienone is 1. The predicted molar refractivity (Wildman–Crippen MR) is 75.5 cm³/mol. The second kappa shape index (κ2) is 8.26. The first kappa shape index (κ1) is 17.8. The van der Waals surface area contributed by atoms with Crippen LogP contribution in [0.25, 0.3) is 0 Å². The van der Waals surface area contributed by atoms with Gasteiger partial charge in [-0.3, -0.25) is 4.39 Å². The van der Waals surface area contributed by atoms with Gasteiger partial charge < -0.3 is 15.4 Å². The molecule has 0 spiro atoms. The molecule has 1 heterocycles. The van der Waals surface area contributed by atoms with Crippen molar-refractivity contribution in [2.45, 2.75) is 25.8 Å². The molecule has 0 saturated heterocycles. The largest absolute Gasteiger partial charge is 0.471 e. The molecule has 0 aromatic carbocycles. The number of nitrogens with zero attached hydrogens (tertiary/aromatic N) is 1. The average Bonchev–Trinajstić information content (AvgIpc) is 2.43. The first-order valence-corrected chi connectivity index (χ1v) is 6.54. The molecule has 0 aliphatic heterocycles. The standard InChI is InChI=1S/C14H18F3N3O2/c1-10(3-5-15)20-13(21)19-8-11-4-6-18-12(7-11)22-9-14(2,16)17/h4,6-7H,1,3,5,8-9H2,2H3,(H2,19,20,21). The fourth-order valence-corrected chi connectivity index (χ4v) is 1.40. The smallest absolute Gasteiger partial charge is 0.319 e. The number of nitrogens with one attached hydrogen (secondary N) is 2. The van der Waals surface area contributed by atoms with Crippen molar-refractivity contribution in [3.05, 3.63) is 36.2 Å². The number of amides is 2. The third kappa shape index (κ3) is 7.51. The lowest BCUT2D eigenvalue weighted by Crippen LogP contribution is -2.34. The van der Waals surface area contributed by atoms with Crippen molar-refractivity contribution < 1.29 is 22.7 Å². The minimum atomic E-state index is -2.95. The van der Waals surface area contributed by atoms with Gasteiger partial charge in [-0.2, -0.15) is 0 Å². The first-order valence-electron chi connectivity index (χ1n) is 6.54. The third-order valence-corrected chi connectivity index (χ3v) is 2.41. The monoisotopic (exact) mass is 317 g/mol. The number of carbonyl (C=O) groups is 1. The zero-order valence-corrected chi connectivity index (χ0v) is 12.2. The maximum atomic E-state index is 12.7. The topological polar surface area (TPSA) is 63.2 Å². The summed E-state index contributed by atoms with van der Waals surface area (Å²) < 4.78 is 42.3. The van der Waals surface area contributed by atoms with Crippen LogP contribution < -0.4 is 15.4 Å². The number of pyridine rings is 1. The van der Waals surface area contributed by atoms with E-state index in [0.29, 0.717) is 5.56 Å². The van der Waals surface area contributed by atoms with Crippen molar-refractivity contribution in [2.75, 3.05) is 13.3 Å². The van der Waals surface area contributed by atoms with Crippen molar-refractivity contribution in [2.24, 2.45) is 0 Å². The molecule has 0 radical (unpaired) electrons. The lowest BCUT2D eigenvalue weighted by atomic mass is 10.2. The molecule has 122 valence electrons. The van der Waals surface area contributed by atoms with Crippen molar-refractivity contribution in [3.8, 4) is 5.88 Å². The minimum absolute atomic E-state index is 0.0445. The highest BCUT2D eigenvalue weighted by atomic mass is 19.3. The van der Waals surface area contributed by atoms with Crippen LogP contribution in [-0.2, 0) is 6.54 Å². The zero-order chi connectivity index (χ0) is 16.6. The highest BCUT2D eigenvalue weighted by molar-refractivity contribution is 5.75. The van der Waals surface area contributed by atoms with E-state index in [0.717, 1.165) is 6.92 Å². The van der Waals surface area contributed by atoms with E-state index in [1.54, 1.807) is 6.07 Å². The number of halogens is 3. The number of alkyl halides is 3. The van der Waals surface area contributed by atoms with E-state index in [1.807, 2.05) is 0 Å². The lowest BCUT2D eigenvalue weighted by molar-refractivity contribution is -0.0242. The summed E-state index contributed by atoms with van der Waals surface area (Å²) >= 11 is 0.